The lowest BCUT2D eigenvalue weighted by Crippen LogP contribution is -2.30. The highest BCUT2D eigenvalue weighted by Gasteiger charge is 2.32. The Morgan fingerprint density at radius 3 is 2.68 bits per heavy atom. The van der Waals surface area contributed by atoms with E-state index in [-0.39, 0.29) is 24.8 Å². The molecule has 0 N–H and O–H groups in total. The van der Waals surface area contributed by atoms with Crippen molar-refractivity contribution < 1.29 is 14.3 Å². The molecule has 4 nitrogen and oxygen atoms in total. The maximum atomic E-state index is 12.4. The molecule has 116 valence electrons. The number of amides is 1. The number of nitrogens with zero attached hydrogens (tertiary/aromatic N) is 1. The SMILES string of the molecule is CCOC(=O)CCN1C(=O)C(=Cc2ccc(C)cc2)SC1=S. The van der Waals surface area contributed by atoms with Gasteiger partial charge in [0.25, 0.3) is 5.91 Å². The number of carbonyl (C=O) groups excluding carboxylic acids is 2. The fourth-order valence-corrected chi connectivity index (χ4v) is 3.25. The van der Waals surface area contributed by atoms with Crippen molar-refractivity contribution in [3.05, 3.63) is 40.3 Å². The zero-order chi connectivity index (χ0) is 16.1. The Bertz CT molecular complexity index is 623. The number of rotatable bonds is 5. The van der Waals surface area contributed by atoms with Gasteiger partial charge < -0.3 is 4.74 Å². The van der Waals surface area contributed by atoms with E-state index in [4.69, 9.17) is 17.0 Å². The van der Waals surface area contributed by atoms with Gasteiger partial charge >= 0.3 is 5.97 Å². The van der Waals surface area contributed by atoms with Crippen LogP contribution >= 0.6 is 24.0 Å². The molecule has 2 rings (SSSR count). The van der Waals surface area contributed by atoms with E-state index in [1.54, 1.807) is 6.92 Å². The fraction of sp³-hybridized carbons (Fsp3) is 0.312. The molecule has 1 aromatic carbocycles. The minimum Gasteiger partial charge on any atom is -0.466 e. The van der Waals surface area contributed by atoms with Crippen LogP contribution in [-0.2, 0) is 14.3 Å². The predicted molar refractivity (Wildman–Crippen MR) is 92.3 cm³/mol. The first-order chi connectivity index (χ1) is 10.5. The van der Waals surface area contributed by atoms with E-state index in [1.165, 1.54) is 22.2 Å². The van der Waals surface area contributed by atoms with Crippen LogP contribution in [0.1, 0.15) is 24.5 Å². The lowest BCUT2D eigenvalue weighted by Gasteiger charge is -2.13. The zero-order valence-electron chi connectivity index (χ0n) is 12.5. The van der Waals surface area contributed by atoms with Crippen LogP contribution in [0.2, 0.25) is 0 Å². The van der Waals surface area contributed by atoms with Gasteiger partial charge in [-0.15, -0.1) is 0 Å². The fourth-order valence-electron chi connectivity index (χ4n) is 1.94. The summed E-state index contributed by atoms with van der Waals surface area (Å²) in [7, 11) is 0. The van der Waals surface area contributed by atoms with Crippen LogP contribution in [0.25, 0.3) is 6.08 Å². The summed E-state index contributed by atoms with van der Waals surface area (Å²) in [6, 6.07) is 7.90. The Balaban J connectivity index is 2.05. The lowest BCUT2D eigenvalue weighted by molar-refractivity contribution is -0.143. The Kier molecular flexibility index (Phi) is 5.74. The van der Waals surface area contributed by atoms with Crippen LogP contribution in [0.3, 0.4) is 0 Å². The Morgan fingerprint density at radius 1 is 1.36 bits per heavy atom. The molecule has 0 unspecified atom stereocenters. The molecule has 0 bridgehead atoms. The zero-order valence-corrected chi connectivity index (χ0v) is 14.1. The number of thioether (sulfide) groups is 1. The third kappa shape index (κ3) is 4.18. The van der Waals surface area contributed by atoms with Crippen molar-refractivity contribution in [2.24, 2.45) is 0 Å². The molecule has 1 heterocycles. The van der Waals surface area contributed by atoms with Gasteiger partial charge in [-0.3, -0.25) is 14.5 Å². The van der Waals surface area contributed by atoms with E-state index in [2.05, 4.69) is 0 Å². The van der Waals surface area contributed by atoms with Crippen molar-refractivity contribution in [2.45, 2.75) is 20.3 Å². The normalized spacial score (nSPS) is 16.5. The van der Waals surface area contributed by atoms with Gasteiger partial charge in [-0.25, -0.2) is 0 Å². The Hall–Kier alpha value is -1.66. The van der Waals surface area contributed by atoms with Crippen molar-refractivity contribution >= 4 is 46.3 Å². The highest BCUT2D eigenvalue weighted by atomic mass is 32.2. The summed E-state index contributed by atoms with van der Waals surface area (Å²) in [5.41, 5.74) is 2.12. The largest absolute Gasteiger partial charge is 0.466 e. The monoisotopic (exact) mass is 335 g/mol. The van der Waals surface area contributed by atoms with Crippen LogP contribution < -0.4 is 0 Å². The Morgan fingerprint density at radius 2 is 2.05 bits per heavy atom. The first-order valence-corrected chi connectivity index (χ1v) is 8.21. The van der Waals surface area contributed by atoms with Gasteiger partial charge in [0.1, 0.15) is 4.32 Å². The van der Waals surface area contributed by atoms with Gasteiger partial charge in [0.05, 0.1) is 17.9 Å². The van der Waals surface area contributed by atoms with Crippen molar-refractivity contribution in [3.63, 3.8) is 0 Å². The molecule has 22 heavy (non-hydrogen) atoms. The first kappa shape index (κ1) is 16.7. The maximum Gasteiger partial charge on any atom is 0.307 e. The average molecular weight is 335 g/mol. The van der Waals surface area contributed by atoms with Gasteiger partial charge in [-0.05, 0) is 25.5 Å². The maximum absolute atomic E-state index is 12.4. The molecule has 0 saturated carbocycles. The molecule has 1 aromatic rings. The van der Waals surface area contributed by atoms with Crippen molar-refractivity contribution in [1.82, 2.24) is 4.90 Å². The van der Waals surface area contributed by atoms with Crippen LogP contribution in [0, 0.1) is 6.92 Å². The van der Waals surface area contributed by atoms with E-state index < -0.39 is 0 Å². The van der Waals surface area contributed by atoms with Crippen LogP contribution in [0.4, 0.5) is 0 Å². The molecular formula is C16H17NO3S2. The first-order valence-electron chi connectivity index (χ1n) is 6.99. The molecule has 0 aromatic heterocycles. The van der Waals surface area contributed by atoms with Crippen LogP contribution in [-0.4, -0.2) is 34.2 Å². The number of carbonyl (C=O) groups is 2. The summed E-state index contributed by atoms with van der Waals surface area (Å²) in [5.74, 6) is -0.473. The standard InChI is InChI=1S/C16H17NO3S2/c1-3-20-14(18)8-9-17-15(19)13(22-16(17)21)10-12-6-4-11(2)5-7-12/h4-7,10H,3,8-9H2,1-2H3. The van der Waals surface area contributed by atoms with E-state index in [1.807, 2.05) is 37.3 Å². The summed E-state index contributed by atoms with van der Waals surface area (Å²) in [6.45, 7) is 4.36. The summed E-state index contributed by atoms with van der Waals surface area (Å²) in [6.07, 6.45) is 1.97. The second-order valence-corrected chi connectivity index (χ2v) is 6.47. The summed E-state index contributed by atoms with van der Waals surface area (Å²) < 4.78 is 5.34. The summed E-state index contributed by atoms with van der Waals surface area (Å²) in [5, 5.41) is 0. The molecule has 6 heteroatoms. The van der Waals surface area contributed by atoms with Crippen LogP contribution in [0.5, 0.6) is 0 Å². The van der Waals surface area contributed by atoms with Gasteiger partial charge in [-0.2, -0.15) is 0 Å². The number of hydrogen-bond donors (Lipinski definition) is 0. The molecule has 0 atom stereocenters. The summed E-state index contributed by atoms with van der Waals surface area (Å²) in [4.78, 5) is 25.8. The molecule has 0 radical (unpaired) electrons. The number of ether oxygens (including phenoxy) is 1. The molecule has 1 aliphatic rings. The third-order valence-corrected chi connectivity index (χ3v) is 4.47. The molecule has 1 saturated heterocycles. The van der Waals surface area contributed by atoms with E-state index in [9.17, 15) is 9.59 Å². The van der Waals surface area contributed by atoms with Crippen LogP contribution in [0.15, 0.2) is 29.2 Å². The second kappa shape index (κ2) is 7.56. The highest BCUT2D eigenvalue weighted by molar-refractivity contribution is 8.26. The molecule has 0 spiro atoms. The van der Waals surface area contributed by atoms with Gasteiger partial charge in [0, 0.05) is 6.54 Å². The number of thiocarbonyl (C=S) groups is 1. The number of esters is 1. The van der Waals surface area contributed by atoms with Crippen molar-refractivity contribution in [1.29, 1.82) is 0 Å². The number of benzene rings is 1. The van der Waals surface area contributed by atoms with E-state index in [0.717, 1.165) is 5.56 Å². The van der Waals surface area contributed by atoms with E-state index in [0.29, 0.717) is 15.8 Å². The van der Waals surface area contributed by atoms with Gasteiger partial charge in [0.2, 0.25) is 0 Å². The van der Waals surface area contributed by atoms with Crippen molar-refractivity contribution in [2.75, 3.05) is 13.2 Å². The predicted octanol–water partition coefficient (Wildman–Crippen LogP) is 3.15. The smallest absolute Gasteiger partial charge is 0.307 e. The molecule has 1 aliphatic heterocycles. The van der Waals surface area contributed by atoms with Gasteiger partial charge in [0.15, 0.2) is 0 Å². The number of hydrogen-bond acceptors (Lipinski definition) is 5. The molecule has 1 amide bonds. The molecular weight excluding hydrogens is 318 g/mol. The van der Waals surface area contributed by atoms with Crippen molar-refractivity contribution in [3.8, 4) is 0 Å². The number of aryl methyl sites for hydroxylation is 1. The Labute approximate surface area is 139 Å². The molecule has 1 fully saturated rings. The second-order valence-electron chi connectivity index (χ2n) is 4.80. The molecule has 0 aliphatic carbocycles. The minimum atomic E-state index is -0.320. The lowest BCUT2D eigenvalue weighted by atomic mass is 10.1. The third-order valence-electron chi connectivity index (χ3n) is 3.09. The minimum absolute atomic E-state index is 0.151. The topological polar surface area (TPSA) is 46.6 Å². The van der Waals surface area contributed by atoms with Gasteiger partial charge in [-0.1, -0.05) is 53.8 Å². The van der Waals surface area contributed by atoms with E-state index >= 15 is 0 Å². The summed E-state index contributed by atoms with van der Waals surface area (Å²) >= 11 is 6.49. The highest BCUT2D eigenvalue weighted by Crippen LogP contribution is 2.32. The average Bonchev–Trinajstić information content (AvgIpc) is 2.74. The quantitative estimate of drug-likeness (QED) is 0.470.